The normalized spacial score (nSPS) is 21.4. The quantitative estimate of drug-likeness (QED) is 0.811. The van der Waals surface area contributed by atoms with Crippen molar-refractivity contribution in [1.29, 1.82) is 0 Å². The molecule has 0 saturated carbocycles. The van der Waals surface area contributed by atoms with Gasteiger partial charge in [0.1, 0.15) is 0 Å². The van der Waals surface area contributed by atoms with Crippen LogP contribution in [-0.2, 0) is 19.7 Å². The molecule has 1 N–H and O–H groups in total. The Morgan fingerprint density at radius 1 is 1.23 bits per heavy atom. The maximum atomic E-state index is 12.5. The highest BCUT2D eigenvalue weighted by Gasteiger charge is 2.34. The molecule has 0 spiro atoms. The second kappa shape index (κ2) is 9.49. The molecule has 1 aromatic carbocycles. The number of nitrogens with one attached hydrogen (secondary N) is 1. The van der Waals surface area contributed by atoms with Gasteiger partial charge >= 0.3 is 0 Å². The van der Waals surface area contributed by atoms with Crippen molar-refractivity contribution in [2.75, 3.05) is 46.0 Å². The lowest BCUT2D eigenvalue weighted by molar-refractivity contribution is -0.123. The van der Waals surface area contributed by atoms with Gasteiger partial charge in [-0.05, 0) is 38.2 Å². The molecule has 0 aromatic heterocycles. The minimum absolute atomic E-state index is 0.00285. The Labute approximate surface area is 157 Å². The molecule has 5 heteroatoms. The van der Waals surface area contributed by atoms with Crippen molar-refractivity contribution < 1.29 is 14.3 Å². The first-order chi connectivity index (χ1) is 12.7. The summed E-state index contributed by atoms with van der Waals surface area (Å²) in [7, 11) is 0. The van der Waals surface area contributed by atoms with E-state index in [1.54, 1.807) is 0 Å². The monoisotopic (exact) mass is 360 g/mol. The van der Waals surface area contributed by atoms with Gasteiger partial charge < -0.3 is 14.8 Å². The molecule has 26 heavy (non-hydrogen) atoms. The Morgan fingerprint density at radius 3 is 2.58 bits per heavy atom. The first kappa shape index (κ1) is 19.3. The van der Waals surface area contributed by atoms with Gasteiger partial charge in [-0.3, -0.25) is 9.69 Å². The fraction of sp³-hybridized carbons (Fsp3) is 0.667. The molecule has 2 heterocycles. The third kappa shape index (κ3) is 5.06. The highest BCUT2D eigenvalue weighted by Crippen LogP contribution is 2.34. The zero-order valence-corrected chi connectivity index (χ0v) is 15.9. The molecule has 2 aliphatic rings. The standard InChI is InChI=1S/C21H32N2O3/c1-2-26-19-8-12-23(13-9-19)16-20(24)22-17-21(10-14-25-15-11-21)18-6-4-3-5-7-18/h3-7,19H,2,8-17H2,1H3,(H,22,24). The predicted molar refractivity (Wildman–Crippen MR) is 102 cm³/mol. The first-order valence-corrected chi connectivity index (χ1v) is 9.96. The number of carbonyl (C=O) groups is 1. The summed E-state index contributed by atoms with van der Waals surface area (Å²) in [5.41, 5.74) is 1.30. The van der Waals surface area contributed by atoms with E-state index in [0.29, 0.717) is 19.2 Å². The Balaban J connectivity index is 1.51. The lowest BCUT2D eigenvalue weighted by Gasteiger charge is -2.38. The zero-order chi connectivity index (χ0) is 18.2. The van der Waals surface area contributed by atoms with E-state index in [2.05, 4.69) is 34.5 Å². The highest BCUT2D eigenvalue weighted by atomic mass is 16.5. The third-order valence-corrected chi connectivity index (χ3v) is 5.76. The third-order valence-electron chi connectivity index (χ3n) is 5.76. The summed E-state index contributed by atoms with van der Waals surface area (Å²) in [6, 6.07) is 10.6. The number of ether oxygens (including phenoxy) is 2. The largest absolute Gasteiger partial charge is 0.381 e. The van der Waals surface area contributed by atoms with E-state index >= 15 is 0 Å². The van der Waals surface area contributed by atoms with Crippen molar-refractivity contribution in [1.82, 2.24) is 10.2 Å². The van der Waals surface area contributed by atoms with Crippen LogP contribution in [0.3, 0.4) is 0 Å². The number of likely N-dealkylation sites (tertiary alicyclic amines) is 1. The number of carbonyl (C=O) groups excluding carboxylic acids is 1. The molecular weight excluding hydrogens is 328 g/mol. The highest BCUT2D eigenvalue weighted by molar-refractivity contribution is 5.78. The lowest BCUT2D eigenvalue weighted by Crippen LogP contribution is -2.48. The summed E-state index contributed by atoms with van der Waals surface area (Å²) in [5.74, 6) is 0.127. The smallest absolute Gasteiger partial charge is 0.234 e. The predicted octanol–water partition coefficient (Wildman–Crippen LogP) is 2.35. The molecule has 144 valence electrons. The summed E-state index contributed by atoms with van der Waals surface area (Å²) in [6.07, 6.45) is 4.32. The van der Waals surface area contributed by atoms with Gasteiger partial charge in [-0.2, -0.15) is 0 Å². The van der Waals surface area contributed by atoms with Crippen molar-refractivity contribution in [3.05, 3.63) is 35.9 Å². The number of hydrogen-bond acceptors (Lipinski definition) is 4. The average molecular weight is 360 g/mol. The molecule has 0 bridgehead atoms. The molecule has 1 amide bonds. The van der Waals surface area contributed by atoms with Crippen LogP contribution in [0.15, 0.2) is 30.3 Å². The minimum Gasteiger partial charge on any atom is -0.381 e. The second-order valence-corrected chi connectivity index (χ2v) is 7.47. The molecule has 2 aliphatic heterocycles. The lowest BCUT2D eigenvalue weighted by atomic mass is 9.74. The number of amides is 1. The van der Waals surface area contributed by atoms with Gasteiger partial charge in [-0.1, -0.05) is 30.3 Å². The van der Waals surface area contributed by atoms with Gasteiger partial charge in [-0.25, -0.2) is 0 Å². The molecular formula is C21H32N2O3. The maximum Gasteiger partial charge on any atom is 0.234 e. The van der Waals surface area contributed by atoms with Gasteiger partial charge in [0.05, 0.1) is 12.6 Å². The van der Waals surface area contributed by atoms with Gasteiger partial charge in [0.15, 0.2) is 0 Å². The van der Waals surface area contributed by atoms with Crippen LogP contribution in [0.25, 0.3) is 0 Å². The van der Waals surface area contributed by atoms with Gasteiger partial charge in [0.25, 0.3) is 0 Å². The summed E-state index contributed by atoms with van der Waals surface area (Å²) in [5, 5.41) is 3.21. The van der Waals surface area contributed by atoms with E-state index in [-0.39, 0.29) is 11.3 Å². The van der Waals surface area contributed by atoms with Crippen molar-refractivity contribution in [3.63, 3.8) is 0 Å². The molecule has 2 fully saturated rings. The topological polar surface area (TPSA) is 50.8 Å². The fourth-order valence-electron chi connectivity index (χ4n) is 4.12. The van der Waals surface area contributed by atoms with Crippen LogP contribution in [0.1, 0.15) is 38.2 Å². The SMILES string of the molecule is CCOC1CCN(CC(=O)NCC2(c3ccccc3)CCOCC2)CC1. The van der Waals surface area contributed by atoms with Crippen LogP contribution in [0.4, 0.5) is 0 Å². The minimum atomic E-state index is -0.00285. The molecule has 0 aliphatic carbocycles. The molecule has 5 nitrogen and oxygen atoms in total. The van der Waals surface area contributed by atoms with Gasteiger partial charge in [0, 0.05) is 44.9 Å². The molecule has 0 atom stereocenters. The molecule has 1 aromatic rings. The molecule has 0 unspecified atom stereocenters. The van der Waals surface area contributed by atoms with Crippen molar-refractivity contribution in [2.45, 2.75) is 44.1 Å². The summed E-state index contributed by atoms with van der Waals surface area (Å²) in [6.45, 7) is 7.39. The summed E-state index contributed by atoms with van der Waals surface area (Å²) < 4.78 is 11.3. The Morgan fingerprint density at radius 2 is 1.92 bits per heavy atom. The number of nitrogens with zero attached hydrogens (tertiary/aromatic N) is 1. The van der Waals surface area contributed by atoms with Crippen molar-refractivity contribution in [3.8, 4) is 0 Å². The Hall–Kier alpha value is -1.43. The summed E-state index contributed by atoms with van der Waals surface area (Å²) >= 11 is 0. The van der Waals surface area contributed by atoms with E-state index in [0.717, 1.165) is 58.6 Å². The van der Waals surface area contributed by atoms with Crippen LogP contribution >= 0.6 is 0 Å². The Kier molecular flexibility index (Phi) is 7.06. The van der Waals surface area contributed by atoms with Crippen LogP contribution in [0.5, 0.6) is 0 Å². The Bertz CT molecular complexity index is 550. The van der Waals surface area contributed by atoms with Gasteiger partial charge in [0.2, 0.25) is 5.91 Å². The number of benzene rings is 1. The van der Waals surface area contributed by atoms with Crippen molar-refractivity contribution >= 4 is 5.91 Å². The van der Waals surface area contributed by atoms with Crippen LogP contribution < -0.4 is 5.32 Å². The van der Waals surface area contributed by atoms with Crippen LogP contribution in [0.2, 0.25) is 0 Å². The van der Waals surface area contributed by atoms with E-state index in [1.807, 2.05) is 13.0 Å². The molecule has 0 radical (unpaired) electrons. The summed E-state index contributed by atoms with van der Waals surface area (Å²) in [4.78, 5) is 14.8. The van der Waals surface area contributed by atoms with E-state index in [9.17, 15) is 4.79 Å². The van der Waals surface area contributed by atoms with Gasteiger partial charge in [-0.15, -0.1) is 0 Å². The second-order valence-electron chi connectivity index (χ2n) is 7.47. The maximum absolute atomic E-state index is 12.5. The van der Waals surface area contributed by atoms with Crippen LogP contribution in [-0.4, -0.2) is 62.9 Å². The van der Waals surface area contributed by atoms with Crippen LogP contribution in [0, 0.1) is 0 Å². The first-order valence-electron chi connectivity index (χ1n) is 9.96. The van der Waals surface area contributed by atoms with E-state index in [4.69, 9.17) is 9.47 Å². The molecule has 2 saturated heterocycles. The van der Waals surface area contributed by atoms with Crippen molar-refractivity contribution in [2.24, 2.45) is 0 Å². The number of rotatable bonds is 7. The number of piperidine rings is 1. The number of hydrogen-bond donors (Lipinski definition) is 1. The average Bonchev–Trinajstić information content (AvgIpc) is 2.70. The molecule has 3 rings (SSSR count). The van der Waals surface area contributed by atoms with E-state index in [1.165, 1.54) is 5.56 Å². The fourth-order valence-corrected chi connectivity index (χ4v) is 4.12. The van der Waals surface area contributed by atoms with E-state index < -0.39 is 0 Å². The zero-order valence-electron chi connectivity index (χ0n) is 15.9.